The van der Waals surface area contributed by atoms with Crippen LogP contribution < -0.4 is 15.0 Å². The Morgan fingerprint density at radius 1 is 1.06 bits per heavy atom. The molecule has 1 N–H and O–H groups in total. The number of urea groups is 1. The van der Waals surface area contributed by atoms with Crippen molar-refractivity contribution in [3.05, 3.63) is 94.3 Å². The third-order valence-electron chi connectivity index (χ3n) is 5.11. The zero-order valence-electron chi connectivity index (χ0n) is 18.1. The number of imide groups is 2. The van der Waals surface area contributed by atoms with Crippen molar-refractivity contribution >= 4 is 90.7 Å². The lowest BCUT2D eigenvalue weighted by atomic mass is 10.1. The lowest BCUT2D eigenvalue weighted by Crippen LogP contribution is -2.54. The maximum Gasteiger partial charge on any atom is 0.335 e. The van der Waals surface area contributed by atoms with E-state index in [4.69, 9.17) is 4.74 Å². The third kappa shape index (κ3) is 5.75. The van der Waals surface area contributed by atoms with Crippen molar-refractivity contribution in [1.29, 1.82) is 0 Å². The molecule has 4 amide bonds. The van der Waals surface area contributed by atoms with Crippen molar-refractivity contribution in [2.75, 3.05) is 4.90 Å². The van der Waals surface area contributed by atoms with Gasteiger partial charge in [-0.3, -0.25) is 14.9 Å². The van der Waals surface area contributed by atoms with E-state index in [9.17, 15) is 18.8 Å². The molecule has 0 atom stereocenters. The Morgan fingerprint density at radius 3 is 2.43 bits per heavy atom. The van der Waals surface area contributed by atoms with Gasteiger partial charge in [-0.25, -0.2) is 14.1 Å². The highest BCUT2D eigenvalue weighted by atomic mass is 127. The number of hydrogen-bond acceptors (Lipinski definition) is 4. The Bertz CT molecular complexity index is 1390. The van der Waals surface area contributed by atoms with E-state index >= 15 is 0 Å². The predicted molar refractivity (Wildman–Crippen MR) is 150 cm³/mol. The number of anilines is 1. The zero-order valence-corrected chi connectivity index (χ0v) is 24.0. The van der Waals surface area contributed by atoms with Crippen LogP contribution in [0.2, 0.25) is 0 Å². The topological polar surface area (TPSA) is 75.7 Å². The molecule has 1 saturated heterocycles. The van der Waals surface area contributed by atoms with Crippen molar-refractivity contribution < 1.29 is 23.5 Å². The van der Waals surface area contributed by atoms with Gasteiger partial charge in [0.25, 0.3) is 11.8 Å². The number of carbonyl (C=O) groups is 3. The normalized spacial score (nSPS) is 14.9. The zero-order chi connectivity index (χ0) is 25.3. The Morgan fingerprint density at radius 2 is 1.77 bits per heavy atom. The number of ether oxygens (including phenoxy) is 1. The van der Waals surface area contributed by atoms with Crippen molar-refractivity contribution in [3.63, 3.8) is 0 Å². The van der Waals surface area contributed by atoms with Gasteiger partial charge < -0.3 is 4.74 Å². The number of nitrogens with zero attached hydrogens (tertiary/aromatic N) is 1. The van der Waals surface area contributed by atoms with Crippen LogP contribution in [0.4, 0.5) is 14.9 Å². The Hall–Kier alpha value is -2.32. The van der Waals surface area contributed by atoms with Crippen LogP contribution in [-0.2, 0) is 16.2 Å². The van der Waals surface area contributed by atoms with Gasteiger partial charge in [0.2, 0.25) is 0 Å². The van der Waals surface area contributed by atoms with Crippen LogP contribution in [0.15, 0.2) is 64.6 Å². The first-order chi connectivity index (χ1) is 16.6. The standard InChI is InChI=1S/C25H16BrFI2N2O4/c1-13-7-17(5-6-19(13)26)31-24(33)18(23(32)30-25(31)34)9-15-10-20(28)22(21(29)11-15)35-12-14-3-2-4-16(27)8-14/h2-11H,12H2,1H3,(H,30,32,34)/b18-9+. The first-order valence-electron chi connectivity index (χ1n) is 10.2. The number of halogens is 4. The van der Waals surface area contributed by atoms with E-state index in [0.717, 1.165) is 22.1 Å². The molecule has 0 radical (unpaired) electrons. The summed E-state index contributed by atoms with van der Waals surface area (Å²) in [7, 11) is 0. The Labute approximate surface area is 236 Å². The molecule has 0 spiro atoms. The highest BCUT2D eigenvalue weighted by Crippen LogP contribution is 2.32. The lowest BCUT2D eigenvalue weighted by Gasteiger charge is -2.26. The Kier molecular flexibility index (Phi) is 7.91. The number of hydrogen-bond donors (Lipinski definition) is 1. The molecule has 0 saturated carbocycles. The van der Waals surface area contributed by atoms with Crippen LogP contribution in [0.25, 0.3) is 6.08 Å². The van der Waals surface area contributed by atoms with E-state index in [2.05, 4.69) is 66.4 Å². The fraction of sp³-hybridized carbons (Fsp3) is 0.0800. The summed E-state index contributed by atoms with van der Waals surface area (Å²) < 4.78 is 21.7. The van der Waals surface area contributed by atoms with Crippen molar-refractivity contribution in [2.45, 2.75) is 13.5 Å². The van der Waals surface area contributed by atoms with Gasteiger partial charge in [0.05, 0.1) is 12.8 Å². The smallest absolute Gasteiger partial charge is 0.335 e. The molecule has 178 valence electrons. The molecule has 1 aliphatic rings. The highest BCUT2D eigenvalue weighted by molar-refractivity contribution is 14.1. The summed E-state index contributed by atoms with van der Waals surface area (Å²) in [6.45, 7) is 2.03. The lowest BCUT2D eigenvalue weighted by molar-refractivity contribution is -0.122. The molecule has 3 aromatic carbocycles. The van der Waals surface area contributed by atoms with E-state index in [-0.39, 0.29) is 18.0 Å². The number of rotatable bonds is 5. The molecule has 0 aliphatic carbocycles. The van der Waals surface area contributed by atoms with Crippen molar-refractivity contribution in [2.24, 2.45) is 0 Å². The second kappa shape index (κ2) is 10.7. The average molecular weight is 761 g/mol. The summed E-state index contributed by atoms with van der Waals surface area (Å²) in [6.07, 6.45) is 1.45. The van der Waals surface area contributed by atoms with Crippen LogP contribution in [0.3, 0.4) is 0 Å². The van der Waals surface area contributed by atoms with Crippen LogP contribution >= 0.6 is 61.1 Å². The van der Waals surface area contributed by atoms with Crippen molar-refractivity contribution in [3.8, 4) is 5.75 Å². The fourth-order valence-electron chi connectivity index (χ4n) is 3.41. The molecule has 6 nitrogen and oxygen atoms in total. The molecule has 35 heavy (non-hydrogen) atoms. The van der Waals surface area contributed by atoms with E-state index in [1.54, 1.807) is 42.5 Å². The van der Waals surface area contributed by atoms with E-state index in [1.807, 2.05) is 6.92 Å². The highest BCUT2D eigenvalue weighted by Gasteiger charge is 2.37. The number of carbonyl (C=O) groups excluding carboxylic acids is 3. The predicted octanol–water partition coefficient (Wildman–Crippen LogP) is 6.35. The summed E-state index contributed by atoms with van der Waals surface area (Å²) in [4.78, 5) is 39.1. The summed E-state index contributed by atoms with van der Waals surface area (Å²) in [5.41, 5.74) is 2.32. The SMILES string of the molecule is Cc1cc(N2C(=O)NC(=O)/C(=C\c3cc(I)c(OCc4cccc(F)c4)c(I)c3)C2=O)ccc1Br. The van der Waals surface area contributed by atoms with Gasteiger partial charge in [0.1, 0.15) is 23.7 Å². The van der Waals surface area contributed by atoms with Crippen LogP contribution in [0.5, 0.6) is 5.75 Å². The fourth-order valence-corrected chi connectivity index (χ4v) is 5.78. The number of nitrogens with one attached hydrogen (secondary N) is 1. The average Bonchev–Trinajstić information content (AvgIpc) is 2.78. The van der Waals surface area contributed by atoms with Gasteiger partial charge in [0.15, 0.2) is 0 Å². The van der Waals surface area contributed by atoms with Gasteiger partial charge in [-0.15, -0.1) is 0 Å². The molecule has 0 aromatic heterocycles. The number of barbiturate groups is 1. The molecule has 0 bridgehead atoms. The third-order valence-corrected chi connectivity index (χ3v) is 7.60. The number of aryl methyl sites for hydroxylation is 1. The first-order valence-corrected chi connectivity index (χ1v) is 13.1. The van der Waals surface area contributed by atoms with Gasteiger partial charge in [-0.1, -0.05) is 28.1 Å². The van der Waals surface area contributed by atoms with Crippen molar-refractivity contribution in [1.82, 2.24) is 5.32 Å². The monoisotopic (exact) mass is 760 g/mol. The van der Waals surface area contributed by atoms with Gasteiger partial charge in [-0.05, 0) is 117 Å². The largest absolute Gasteiger partial charge is 0.487 e. The summed E-state index contributed by atoms with van der Waals surface area (Å²) >= 11 is 7.60. The van der Waals surface area contributed by atoms with Crippen LogP contribution in [0.1, 0.15) is 16.7 Å². The first kappa shape index (κ1) is 25.8. The molecular formula is C25H16BrFI2N2O4. The van der Waals surface area contributed by atoms with Crippen LogP contribution in [-0.4, -0.2) is 17.8 Å². The molecule has 10 heteroatoms. The van der Waals surface area contributed by atoms with E-state index < -0.39 is 17.8 Å². The van der Waals surface area contributed by atoms with Gasteiger partial charge in [-0.2, -0.15) is 0 Å². The summed E-state index contributed by atoms with van der Waals surface area (Å²) in [5.74, 6) is -1.20. The van der Waals surface area contributed by atoms with E-state index in [0.29, 0.717) is 22.6 Å². The second-order valence-corrected chi connectivity index (χ2v) is 10.8. The minimum atomic E-state index is -0.802. The molecule has 0 unspecified atom stereocenters. The number of benzene rings is 3. The maximum absolute atomic E-state index is 13.4. The van der Waals surface area contributed by atoms with E-state index in [1.165, 1.54) is 18.2 Å². The minimum absolute atomic E-state index is 0.162. The molecule has 4 rings (SSSR count). The second-order valence-electron chi connectivity index (χ2n) is 7.62. The molecule has 1 aliphatic heterocycles. The minimum Gasteiger partial charge on any atom is -0.487 e. The quantitative estimate of drug-likeness (QED) is 0.187. The Balaban J connectivity index is 1.62. The number of amides is 4. The summed E-state index contributed by atoms with van der Waals surface area (Å²) in [5, 5.41) is 2.23. The maximum atomic E-state index is 13.4. The van der Waals surface area contributed by atoms with Gasteiger partial charge >= 0.3 is 6.03 Å². The molecular weight excluding hydrogens is 745 g/mol. The molecule has 1 fully saturated rings. The summed E-state index contributed by atoms with van der Waals surface area (Å²) in [6, 6.07) is 13.9. The molecule has 1 heterocycles. The van der Waals surface area contributed by atoms with Crippen LogP contribution in [0, 0.1) is 19.9 Å². The van der Waals surface area contributed by atoms with Gasteiger partial charge in [0, 0.05) is 4.47 Å². The molecule has 3 aromatic rings.